The van der Waals surface area contributed by atoms with Crippen LogP contribution in [0.3, 0.4) is 0 Å². The van der Waals surface area contributed by atoms with Crippen LogP contribution in [0.25, 0.3) is 0 Å². The molecule has 0 saturated carbocycles. The lowest BCUT2D eigenvalue weighted by Crippen LogP contribution is -2.09. The first kappa shape index (κ1) is 9.48. The zero-order chi connectivity index (χ0) is 10.1. The Bertz CT molecular complexity index is 418. The molecule has 1 aromatic heterocycles. The summed E-state index contributed by atoms with van der Waals surface area (Å²) < 4.78 is 0. The van der Waals surface area contributed by atoms with E-state index in [1.54, 1.807) is 0 Å². The molecule has 3 heteroatoms. The average Bonchev–Trinajstić information content (AvgIpc) is 2.18. The predicted molar refractivity (Wildman–Crippen MR) is 55.3 cm³/mol. The van der Waals surface area contributed by atoms with Crippen LogP contribution < -0.4 is 0 Å². The Labute approximate surface area is 88.5 Å². The number of pyridine rings is 1. The van der Waals surface area contributed by atoms with Gasteiger partial charge in [0.25, 0.3) is 0 Å². The van der Waals surface area contributed by atoms with Crippen molar-refractivity contribution in [3.8, 4) is 6.07 Å². The van der Waals surface area contributed by atoms with E-state index in [1.807, 2.05) is 6.92 Å². The van der Waals surface area contributed by atoms with Gasteiger partial charge in [-0.1, -0.05) is 11.6 Å². The summed E-state index contributed by atoms with van der Waals surface area (Å²) in [7, 11) is 0. The van der Waals surface area contributed by atoms with Gasteiger partial charge in [0, 0.05) is 5.69 Å². The minimum Gasteiger partial charge on any atom is -0.239 e. The molecular formula is C11H11ClN2. The van der Waals surface area contributed by atoms with Crippen molar-refractivity contribution in [1.82, 2.24) is 4.98 Å². The number of aromatic nitrogens is 1. The van der Waals surface area contributed by atoms with Crippen LogP contribution in [0.5, 0.6) is 0 Å². The number of hydrogen-bond donors (Lipinski definition) is 0. The standard InChI is InChI=1S/C11H11ClN2/c1-7-8-4-2-3-5-10(8)14-11(12)9(7)6-13/h2-5H2,1H3. The van der Waals surface area contributed by atoms with Gasteiger partial charge < -0.3 is 0 Å². The number of hydrogen-bond acceptors (Lipinski definition) is 2. The second-order valence-corrected chi connectivity index (χ2v) is 4.00. The highest BCUT2D eigenvalue weighted by Gasteiger charge is 2.17. The molecule has 2 nitrogen and oxygen atoms in total. The Hall–Kier alpha value is -1.07. The monoisotopic (exact) mass is 206 g/mol. The second-order valence-electron chi connectivity index (χ2n) is 3.65. The molecule has 2 rings (SSSR count). The van der Waals surface area contributed by atoms with Crippen LogP contribution in [0, 0.1) is 18.3 Å². The number of nitriles is 1. The van der Waals surface area contributed by atoms with Crippen LogP contribution >= 0.6 is 11.6 Å². The molecule has 0 bridgehead atoms. The van der Waals surface area contributed by atoms with E-state index < -0.39 is 0 Å². The van der Waals surface area contributed by atoms with Crippen molar-refractivity contribution in [2.75, 3.05) is 0 Å². The van der Waals surface area contributed by atoms with Crippen molar-refractivity contribution in [2.45, 2.75) is 32.6 Å². The minimum absolute atomic E-state index is 0.366. The molecule has 0 aliphatic heterocycles. The molecule has 0 atom stereocenters. The summed E-state index contributed by atoms with van der Waals surface area (Å²) in [5, 5.41) is 9.29. The third-order valence-corrected chi connectivity index (χ3v) is 3.09. The zero-order valence-electron chi connectivity index (χ0n) is 8.10. The van der Waals surface area contributed by atoms with Crippen molar-refractivity contribution < 1.29 is 0 Å². The van der Waals surface area contributed by atoms with Gasteiger partial charge in [-0.25, -0.2) is 4.98 Å². The van der Waals surface area contributed by atoms with Gasteiger partial charge in [0.2, 0.25) is 0 Å². The van der Waals surface area contributed by atoms with Crippen LogP contribution in [0.4, 0.5) is 0 Å². The van der Waals surface area contributed by atoms with Crippen LogP contribution in [0.15, 0.2) is 0 Å². The van der Waals surface area contributed by atoms with E-state index >= 15 is 0 Å². The summed E-state index contributed by atoms with van der Waals surface area (Å²) in [6, 6.07) is 2.12. The van der Waals surface area contributed by atoms with Gasteiger partial charge in [-0.05, 0) is 43.7 Å². The maximum absolute atomic E-state index is 8.93. The normalized spacial score (nSPS) is 14.6. The smallest absolute Gasteiger partial charge is 0.147 e. The summed E-state index contributed by atoms with van der Waals surface area (Å²) in [6.07, 6.45) is 4.42. The van der Waals surface area contributed by atoms with E-state index in [0.29, 0.717) is 10.7 Å². The van der Waals surface area contributed by atoms with E-state index in [-0.39, 0.29) is 0 Å². The van der Waals surface area contributed by atoms with Gasteiger partial charge in [-0.3, -0.25) is 0 Å². The van der Waals surface area contributed by atoms with E-state index in [0.717, 1.165) is 24.1 Å². The van der Waals surface area contributed by atoms with Crippen molar-refractivity contribution in [3.05, 3.63) is 27.5 Å². The lowest BCUT2D eigenvalue weighted by Gasteiger charge is -2.18. The maximum Gasteiger partial charge on any atom is 0.147 e. The fourth-order valence-electron chi connectivity index (χ4n) is 2.03. The molecule has 0 unspecified atom stereocenters. The summed E-state index contributed by atoms with van der Waals surface area (Å²) in [6.45, 7) is 1.97. The SMILES string of the molecule is Cc1c(C#N)c(Cl)nc2c1CCCC2. The van der Waals surface area contributed by atoms with Crippen LogP contribution in [0.1, 0.15) is 35.2 Å². The van der Waals surface area contributed by atoms with Gasteiger partial charge in [0.05, 0.1) is 5.56 Å². The molecule has 0 amide bonds. The molecule has 1 heterocycles. The molecule has 0 N–H and O–H groups in total. The Morgan fingerprint density at radius 3 is 2.79 bits per heavy atom. The maximum atomic E-state index is 8.93. The second kappa shape index (κ2) is 3.59. The first-order valence-electron chi connectivity index (χ1n) is 4.82. The Morgan fingerprint density at radius 2 is 2.07 bits per heavy atom. The molecule has 72 valence electrons. The highest BCUT2D eigenvalue weighted by molar-refractivity contribution is 6.30. The molecule has 1 aliphatic rings. The van der Waals surface area contributed by atoms with Crippen LogP contribution in [0.2, 0.25) is 5.15 Å². The molecular weight excluding hydrogens is 196 g/mol. The summed E-state index contributed by atoms with van der Waals surface area (Å²) in [5.41, 5.74) is 3.92. The Balaban J connectivity index is 2.65. The van der Waals surface area contributed by atoms with E-state index in [9.17, 15) is 0 Å². The summed E-state index contributed by atoms with van der Waals surface area (Å²) >= 11 is 5.93. The van der Waals surface area contributed by atoms with E-state index in [4.69, 9.17) is 16.9 Å². The van der Waals surface area contributed by atoms with Gasteiger partial charge in [0.15, 0.2) is 0 Å². The summed E-state index contributed by atoms with van der Waals surface area (Å²) in [5.74, 6) is 0. The molecule has 0 fully saturated rings. The molecule has 0 radical (unpaired) electrons. The topological polar surface area (TPSA) is 36.7 Å². The van der Waals surface area contributed by atoms with Crippen LogP contribution in [-0.2, 0) is 12.8 Å². The van der Waals surface area contributed by atoms with E-state index in [1.165, 1.54) is 18.4 Å². The number of rotatable bonds is 0. The third-order valence-electron chi connectivity index (χ3n) is 2.82. The molecule has 1 aromatic rings. The van der Waals surface area contributed by atoms with Crippen molar-refractivity contribution in [1.29, 1.82) is 5.26 Å². The highest BCUT2D eigenvalue weighted by atomic mass is 35.5. The van der Waals surface area contributed by atoms with Crippen LogP contribution in [-0.4, -0.2) is 4.98 Å². The highest BCUT2D eigenvalue weighted by Crippen LogP contribution is 2.28. The molecule has 0 saturated heterocycles. The quantitative estimate of drug-likeness (QED) is 0.612. The number of aryl methyl sites for hydroxylation is 1. The van der Waals surface area contributed by atoms with Crippen molar-refractivity contribution in [3.63, 3.8) is 0 Å². The number of fused-ring (bicyclic) bond motifs is 1. The average molecular weight is 207 g/mol. The lowest BCUT2D eigenvalue weighted by molar-refractivity contribution is 0.663. The first-order chi connectivity index (χ1) is 6.74. The van der Waals surface area contributed by atoms with Crippen molar-refractivity contribution in [2.24, 2.45) is 0 Å². The zero-order valence-corrected chi connectivity index (χ0v) is 8.86. The van der Waals surface area contributed by atoms with Gasteiger partial charge in [-0.15, -0.1) is 0 Å². The van der Waals surface area contributed by atoms with Crippen molar-refractivity contribution >= 4 is 11.6 Å². The fourth-order valence-corrected chi connectivity index (χ4v) is 2.31. The predicted octanol–water partition coefficient (Wildman–Crippen LogP) is 2.79. The van der Waals surface area contributed by atoms with Gasteiger partial charge in [-0.2, -0.15) is 5.26 Å². The molecule has 0 spiro atoms. The molecule has 0 aromatic carbocycles. The molecule has 1 aliphatic carbocycles. The Morgan fingerprint density at radius 1 is 1.36 bits per heavy atom. The third kappa shape index (κ3) is 1.38. The molecule has 14 heavy (non-hydrogen) atoms. The number of halogens is 1. The minimum atomic E-state index is 0.366. The van der Waals surface area contributed by atoms with Gasteiger partial charge >= 0.3 is 0 Å². The lowest BCUT2D eigenvalue weighted by atomic mass is 9.91. The largest absolute Gasteiger partial charge is 0.239 e. The fraction of sp³-hybridized carbons (Fsp3) is 0.455. The first-order valence-corrected chi connectivity index (χ1v) is 5.19. The Kier molecular flexibility index (Phi) is 2.43. The number of nitrogens with zero attached hydrogens (tertiary/aromatic N) is 2. The van der Waals surface area contributed by atoms with E-state index in [2.05, 4.69) is 11.1 Å². The van der Waals surface area contributed by atoms with Gasteiger partial charge in [0.1, 0.15) is 11.2 Å². The summed E-state index contributed by atoms with van der Waals surface area (Å²) in [4.78, 5) is 4.29.